The summed E-state index contributed by atoms with van der Waals surface area (Å²) < 4.78 is 17.2. The highest BCUT2D eigenvalue weighted by atomic mass is 16.6. The number of hydrogen-bond donors (Lipinski definition) is 4. The average molecular weight is 537 g/mol. The summed E-state index contributed by atoms with van der Waals surface area (Å²) in [6, 6.07) is 0. The van der Waals surface area contributed by atoms with Crippen LogP contribution in [0.1, 0.15) is 66.7 Å². The third kappa shape index (κ3) is 3.04. The van der Waals surface area contributed by atoms with E-state index < -0.39 is 58.5 Å². The molecular formula is C29H44O9. The molecule has 0 bridgehead atoms. The molecular weight excluding hydrogens is 492 g/mol. The fourth-order valence-corrected chi connectivity index (χ4v) is 10.5. The molecule has 2 saturated heterocycles. The van der Waals surface area contributed by atoms with Gasteiger partial charge in [0.25, 0.3) is 0 Å². The van der Waals surface area contributed by atoms with Crippen LogP contribution in [0.4, 0.5) is 0 Å². The van der Waals surface area contributed by atoms with E-state index in [0.717, 1.165) is 0 Å². The second kappa shape index (κ2) is 8.23. The molecule has 4 aliphatic carbocycles. The molecule has 0 amide bonds. The van der Waals surface area contributed by atoms with Crippen molar-refractivity contribution in [1.29, 1.82) is 0 Å². The standard InChI is InChI=1S/C29H44O9/c1-12-13(2)25(34)37-21(12)24(33)28(5,35)22-17(30)10-16-14-9-20-29(38-20)23(32)18(36-6)11-19(31)27(29,4)15(14)7-8-26(16,22)3/h12-18,20-24,30,32-33,35H,7-11H2,1-6H3/t12-,13-,14-,15+,16+,17+,18+,20-,21-,22+,23+,24-,26+,27+,28-,29+/m1/s1. The van der Waals surface area contributed by atoms with Gasteiger partial charge in [-0.3, -0.25) is 9.59 Å². The van der Waals surface area contributed by atoms with Crippen molar-refractivity contribution in [2.24, 2.45) is 46.3 Å². The fourth-order valence-electron chi connectivity index (χ4n) is 10.5. The molecule has 0 unspecified atom stereocenters. The molecule has 0 aromatic carbocycles. The van der Waals surface area contributed by atoms with Gasteiger partial charge in [0.1, 0.15) is 29.7 Å². The first-order valence-electron chi connectivity index (χ1n) is 14.4. The Bertz CT molecular complexity index is 1030. The average Bonchev–Trinajstić information content (AvgIpc) is 3.45. The van der Waals surface area contributed by atoms with Crippen molar-refractivity contribution in [3.63, 3.8) is 0 Å². The van der Waals surface area contributed by atoms with Gasteiger partial charge in [0, 0.05) is 25.4 Å². The maximum Gasteiger partial charge on any atom is 0.309 e. The summed E-state index contributed by atoms with van der Waals surface area (Å²) in [7, 11) is 1.52. The lowest BCUT2D eigenvalue weighted by Crippen LogP contribution is -2.68. The third-order valence-corrected chi connectivity index (χ3v) is 12.8. The van der Waals surface area contributed by atoms with E-state index in [4.69, 9.17) is 14.2 Å². The van der Waals surface area contributed by atoms with Crippen LogP contribution in [-0.4, -0.2) is 87.1 Å². The van der Waals surface area contributed by atoms with Crippen molar-refractivity contribution < 1.29 is 44.2 Å². The summed E-state index contributed by atoms with van der Waals surface area (Å²) >= 11 is 0. The van der Waals surface area contributed by atoms with Crippen LogP contribution in [0, 0.1) is 46.3 Å². The van der Waals surface area contributed by atoms with E-state index in [2.05, 4.69) is 6.92 Å². The number of methoxy groups -OCH3 is 1. The summed E-state index contributed by atoms with van der Waals surface area (Å²) in [5, 5.41) is 46.0. The first-order valence-corrected chi connectivity index (χ1v) is 14.4. The van der Waals surface area contributed by atoms with Gasteiger partial charge < -0.3 is 34.6 Å². The van der Waals surface area contributed by atoms with Crippen LogP contribution in [0.15, 0.2) is 0 Å². The predicted octanol–water partition coefficient (Wildman–Crippen LogP) is 1.22. The Kier molecular flexibility index (Phi) is 5.87. The number of ether oxygens (including phenoxy) is 3. The highest BCUT2D eigenvalue weighted by Gasteiger charge is 2.82. The van der Waals surface area contributed by atoms with Gasteiger partial charge in [-0.05, 0) is 62.7 Å². The predicted molar refractivity (Wildman–Crippen MR) is 134 cm³/mol. The molecule has 6 aliphatic rings. The zero-order chi connectivity index (χ0) is 27.7. The number of aliphatic hydroxyl groups is 4. The third-order valence-electron chi connectivity index (χ3n) is 12.8. The fraction of sp³-hybridized carbons (Fsp3) is 0.931. The summed E-state index contributed by atoms with van der Waals surface area (Å²) in [5.74, 6) is -1.52. The van der Waals surface area contributed by atoms with Crippen molar-refractivity contribution >= 4 is 11.8 Å². The molecule has 6 rings (SSSR count). The van der Waals surface area contributed by atoms with Crippen molar-refractivity contribution in [2.45, 2.75) is 115 Å². The number of Topliss-reactive ketones (excluding diaryl/α,β-unsaturated/α-hetero) is 1. The van der Waals surface area contributed by atoms with E-state index in [0.29, 0.717) is 25.7 Å². The minimum atomic E-state index is -1.69. The van der Waals surface area contributed by atoms with Crippen LogP contribution in [0.3, 0.4) is 0 Å². The number of rotatable bonds is 4. The summed E-state index contributed by atoms with van der Waals surface area (Å²) in [4.78, 5) is 25.9. The lowest BCUT2D eigenvalue weighted by molar-refractivity contribution is -0.204. The van der Waals surface area contributed by atoms with Crippen LogP contribution < -0.4 is 0 Å². The molecule has 38 heavy (non-hydrogen) atoms. The Morgan fingerprint density at radius 3 is 2.42 bits per heavy atom. The maximum atomic E-state index is 13.7. The molecule has 0 aromatic rings. The zero-order valence-electron chi connectivity index (χ0n) is 23.3. The number of carbonyl (C=O) groups excluding carboxylic acids is 2. The Morgan fingerprint density at radius 2 is 1.82 bits per heavy atom. The Hall–Kier alpha value is -1.10. The number of epoxide rings is 1. The lowest BCUT2D eigenvalue weighted by Gasteiger charge is -2.60. The topological polar surface area (TPSA) is 146 Å². The normalized spacial score (nSPS) is 57.7. The molecule has 9 nitrogen and oxygen atoms in total. The van der Waals surface area contributed by atoms with Gasteiger partial charge in [-0.25, -0.2) is 0 Å². The van der Waals surface area contributed by atoms with E-state index in [1.54, 1.807) is 13.8 Å². The number of carbonyl (C=O) groups is 2. The smallest absolute Gasteiger partial charge is 0.309 e. The molecule has 0 radical (unpaired) electrons. The highest BCUT2D eigenvalue weighted by Crippen LogP contribution is 2.74. The molecule has 214 valence electrons. The van der Waals surface area contributed by atoms with Gasteiger partial charge in [0.15, 0.2) is 0 Å². The summed E-state index contributed by atoms with van der Waals surface area (Å²) in [5.41, 5.74) is -3.96. The molecule has 1 spiro atoms. The summed E-state index contributed by atoms with van der Waals surface area (Å²) in [6.07, 6.45) is -2.10. The van der Waals surface area contributed by atoms with Crippen LogP contribution >= 0.6 is 0 Å². The SMILES string of the molecule is CO[C@H]1CC(=O)[C@]2(C)[C@H]3CC[C@]4(C)[C@@H]([C@@](C)(O)[C@H](O)[C@@H]5OC(=O)[C@H](C)[C@H]5C)[C@@H](O)C[C@H]4[C@@H]3C[C@H]3O[C@]32[C@H]1O. The van der Waals surface area contributed by atoms with Gasteiger partial charge in [-0.15, -0.1) is 0 Å². The molecule has 2 aliphatic heterocycles. The minimum absolute atomic E-state index is 0.00603. The quantitative estimate of drug-likeness (QED) is 0.308. The van der Waals surface area contributed by atoms with Crippen LogP contribution in [0.25, 0.3) is 0 Å². The van der Waals surface area contributed by atoms with Crippen LogP contribution in [0.5, 0.6) is 0 Å². The largest absolute Gasteiger partial charge is 0.459 e. The second-order valence-electron chi connectivity index (χ2n) is 14.1. The number of esters is 1. The number of aliphatic hydroxyl groups excluding tert-OH is 3. The zero-order valence-corrected chi connectivity index (χ0v) is 23.3. The van der Waals surface area contributed by atoms with E-state index in [1.165, 1.54) is 7.11 Å². The van der Waals surface area contributed by atoms with Gasteiger partial charge in [0.2, 0.25) is 0 Å². The lowest BCUT2D eigenvalue weighted by atomic mass is 9.43. The van der Waals surface area contributed by atoms with Crippen LogP contribution in [0.2, 0.25) is 0 Å². The summed E-state index contributed by atoms with van der Waals surface area (Å²) in [6.45, 7) is 9.23. The van der Waals surface area contributed by atoms with Crippen LogP contribution in [-0.2, 0) is 23.8 Å². The van der Waals surface area contributed by atoms with E-state index in [-0.39, 0.29) is 53.9 Å². The van der Waals surface area contributed by atoms with Gasteiger partial charge in [-0.1, -0.05) is 20.8 Å². The van der Waals surface area contributed by atoms with Crippen molar-refractivity contribution in [3.05, 3.63) is 0 Å². The second-order valence-corrected chi connectivity index (χ2v) is 14.1. The van der Waals surface area contributed by atoms with E-state index >= 15 is 0 Å². The van der Waals surface area contributed by atoms with Gasteiger partial charge >= 0.3 is 5.97 Å². The Morgan fingerprint density at radius 1 is 1.13 bits per heavy atom. The number of hydrogen-bond acceptors (Lipinski definition) is 9. The minimum Gasteiger partial charge on any atom is -0.459 e. The van der Waals surface area contributed by atoms with E-state index in [1.807, 2.05) is 13.8 Å². The van der Waals surface area contributed by atoms with Crippen molar-refractivity contribution in [1.82, 2.24) is 0 Å². The first kappa shape index (κ1) is 27.1. The Balaban J connectivity index is 1.31. The van der Waals surface area contributed by atoms with Crippen molar-refractivity contribution in [3.8, 4) is 0 Å². The first-order chi connectivity index (χ1) is 17.7. The number of fused-ring (bicyclic) bond motifs is 4. The van der Waals surface area contributed by atoms with E-state index in [9.17, 15) is 30.0 Å². The van der Waals surface area contributed by atoms with Crippen molar-refractivity contribution in [2.75, 3.05) is 7.11 Å². The highest BCUT2D eigenvalue weighted by molar-refractivity contribution is 5.89. The molecule has 4 saturated carbocycles. The van der Waals surface area contributed by atoms with Gasteiger partial charge in [-0.2, -0.15) is 0 Å². The molecule has 16 atom stereocenters. The number of ketones is 1. The number of cyclic esters (lactones) is 1. The molecule has 4 N–H and O–H groups in total. The molecule has 9 heteroatoms. The molecule has 0 aromatic heterocycles. The monoisotopic (exact) mass is 536 g/mol. The molecule has 6 fully saturated rings. The van der Waals surface area contributed by atoms with Gasteiger partial charge in [0.05, 0.1) is 35.2 Å². The molecule has 2 heterocycles. The Labute approximate surface area is 224 Å². The maximum absolute atomic E-state index is 13.7.